The number of rotatable bonds is 5. The lowest BCUT2D eigenvalue weighted by atomic mass is 10.0. The number of phenols is 1. The Labute approximate surface area is 137 Å². The second-order valence-corrected chi connectivity index (χ2v) is 4.77. The first kappa shape index (κ1) is 17.1. The van der Waals surface area contributed by atoms with Crippen LogP contribution < -0.4 is 0 Å². The zero-order valence-corrected chi connectivity index (χ0v) is 13.1. The summed E-state index contributed by atoms with van der Waals surface area (Å²) < 4.78 is 4.80. The van der Waals surface area contributed by atoms with E-state index in [1.165, 1.54) is 36.5 Å². The smallest absolute Gasteiger partial charge is 0.330 e. The fraction of sp³-hybridized carbons (Fsp3) is 0.188. The minimum absolute atomic E-state index is 0.163. The number of nitro benzene ring substituents is 1. The van der Waals surface area contributed by atoms with Crippen molar-refractivity contribution < 1.29 is 19.6 Å². The molecule has 0 aliphatic rings. The minimum atomic E-state index is -0.564. The summed E-state index contributed by atoms with van der Waals surface area (Å²) in [5.74, 6) is -0.277. The standard InChI is InChI=1S/C16H15N3O5/c1-3-24-15(21)7-4-11-9-17-10(2)18-16(11)13-8-12(19(22)23)5-6-14(13)20/h4-9,20H,3H2,1-2H3/b7-4+. The molecule has 0 unspecified atom stereocenters. The van der Waals surface area contributed by atoms with Crippen LogP contribution in [-0.2, 0) is 9.53 Å². The van der Waals surface area contributed by atoms with Crippen molar-refractivity contribution in [2.75, 3.05) is 6.61 Å². The molecule has 0 bridgehead atoms. The Bertz CT molecular complexity index is 817. The van der Waals surface area contributed by atoms with Gasteiger partial charge >= 0.3 is 5.97 Å². The average Bonchev–Trinajstić information content (AvgIpc) is 2.54. The maximum absolute atomic E-state index is 11.5. The van der Waals surface area contributed by atoms with Gasteiger partial charge in [0.2, 0.25) is 0 Å². The molecular weight excluding hydrogens is 314 g/mol. The predicted octanol–water partition coefficient (Wildman–Crippen LogP) is 2.64. The first-order valence-electron chi connectivity index (χ1n) is 7.08. The van der Waals surface area contributed by atoms with Gasteiger partial charge in [0, 0.05) is 35.5 Å². The van der Waals surface area contributed by atoms with Crippen molar-refractivity contribution in [3.63, 3.8) is 0 Å². The Kier molecular flexibility index (Phi) is 5.20. The summed E-state index contributed by atoms with van der Waals surface area (Å²) in [6.07, 6.45) is 4.10. The summed E-state index contributed by atoms with van der Waals surface area (Å²) in [6.45, 7) is 3.58. The summed E-state index contributed by atoms with van der Waals surface area (Å²) in [5, 5.41) is 21.0. The highest BCUT2D eigenvalue weighted by Gasteiger charge is 2.16. The molecule has 0 aliphatic heterocycles. The van der Waals surface area contributed by atoms with Crippen LogP contribution in [0.25, 0.3) is 17.3 Å². The molecule has 1 heterocycles. The van der Waals surface area contributed by atoms with Crippen molar-refractivity contribution in [2.24, 2.45) is 0 Å². The Morgan fingerprint density at radius 1 is 1.46 bits per heavy atom. The van der Waals surface area contributed by atoms with Gasteiger partial charge in [-0.25, -0.2) is 14.8 Å². The first-order chi connectivity index (χ1) is 11.4. The molecule has 1 aromatic heterocycles. The lowest BCUT2D eigenvalue weighted by molar-refractivity contribution is -0.384. The molecule has 2 rings (SSSR count). The van der Waals surface area contributed by atoms with Gasteiger partial charge in [-0.1, -0.05) is 0 Å². The van der Waals surface area contributed by atoms with E-state index in [-0.39, 0.29) is 29.3 Å². The van der Waals surface area contributed by atoms with Crippen molar-refractivity contribution in [1.29, 1.82) is 0 Å². The lowest BCUT2D eigenvalue weighted by Gasteiger charge is -2.08. The zero-order chi connectivity index (χ0) is 17.7. The molecule has 1 N–H and O–H groups in total. The van der Waals surface area contributed by atoms with Gasteiger partial charge in [-0.2, -0.15) is 0 Å². The van der Waals surface area contributed by atoms with Crippen LogP contribution in [0.1, 0.15) is 18.3 Å². The molecule has 0 fully saturated rings. The minimum Gasteiger partial charge on any atom is -0.507 e. The second kappa shape index (κ2) is 7.32. The largest absolute Gasteiger partial charge is 0.507 e. The fourth-order valence-electron chi connectivity index (χ4n) is 1.99. The van der Waals surface area contributed by atoms with Crippen LogP contribution in [0, 0.1) is 17.0 Å². The number of hydrogen-bond acceptors (Lipinski definition) is 7. The van der Waals surface area contributed by atoms with E-state index in [4.69, 9.17) is 4.74 Å². The normalized spacial score (nSPS) is 10.8. The van der Waals surface area contributed by atoms with Gasteiger partial charge in [-0.15, -0.1) is 0 Å². The van der Waals surface area contributed by atoms with Crippen LogP contribution in [0.2, 0.25) is 0 Å². The van der Waals surface area contributed by atoms with Crippen molar-refractivity contribution in [1.82, 2.24) is 9.97 Å². The van der Waals surface area contributed by atoms with Crippen LogP contribution in [0.15, 0.2) is 30.5 Å². The Balaban J connectivity index is 2.54. The third-order valence-corrected chi connectivity index (χ3v) is 3.07. The van der Waals surface area contributed by atoms with E-state index in [2.05, 4.69) is 9.97 Å². The molecule has 8 heteroatoms. The van der Waals surface area contributed by atoms with E-state index in [0.29, 0.717) is 11.4 Å². The van der Waals surface area contributed by atoms with Crippen molar-refractivity contribution in [3.05, 3.63) is 52.0 Å². The van der Waals surface area contributed by atoms with Gasteiger partial charge in [0.1, 0.15) is 11.6 Å². The molecule has 0 radical (unpaired) electrons. The Morgan fingerprint density at radius 2 is 2.21 bits per heavy atom. The van der Waals surface area contributed by atoms with E-state index >= 15 is 0 Å². The van der Waals surface area contributed by atoms with Crippen LogP contribution in [-0.4, -0.2) is 32.6 Å². The van der Waals surface area contributed by atoms with Gasteiger partial charge in [0.25, 0.3) is 5.69 Å². The number of esters is 1. The number of benzene rings is 1. The quantitative estimate of drug-likeness (QED) is 0.388. The molecule has 0 amide bonds. The second-order valence-electron chi connectivity index (χ2n) is 4.77. The van der Waals surface area contributed by atoms with Crippen LogP contribution in [0.5, 0.6) is 5.75 Å². The molecule has 0 saturated heterocycles. The molecule has 0 aliphatic carbocycles. The van der Waals surface area contributed by atoms with Gasteiger partial charge in [0.05, 0.1) is 17.2 Å². The van der Waals surface area contributed by atoms with Crippen LogP contribution in [0.3, 0.4) is 0 Å². The lowest BCUT2D eigenvalue weighted by Crippen LogP contribution is -2.00. The zero-order valence-electron chi connectivity index (χ0n) is 13.1. The highest BCUT2D eigenvalue weighted by atomic mass is 16.6. The third-order valence-electron chi connectivity index (χ3n) is 3.07. The number of carbonyl (C=O) groups excluding carboxylic acids is 1. The summed E-state index contributed by atoms with van der Waals surface area (Å²) in [5.41, 5.74) is 0.700. The topological polar surface area (TPSA) is 115 Å². The van der Waals surface area contributed by atoms with Crippen molar-refractivity contribution in [2.45, 2.75) is 13.8 Å². The van der Waals surface area contributed by atoms with Gasteiger partial charge < -0.3 is 9.84 Å². The maximum Gasteiger partial charge on any atom is 0.330 e. The molecule has 24 heavy (non-hydrogen) atoms. The molecular formula is C16H15N3O5. The SMILES string of the molecule is CCOC(=O)/C=C/c1cnc(C)nc1-c1cc([N+](=O)[O-])ccc1O. The first-order valence-corrected chi connectivity index (χ1v) is 7.08. The number of nitro groups is 1. The Hall–Kier alpha value is -3.29. The maximum atomic E-state index is 11.5. The van der Waals surface area contributed by atoms with E-state index < -0.39 is 10.9 Å². The highest BCUT2D eigenvalue weighted by Crippen LogP contribution is 2.33. The van der Waals surface area contributed by atoms with Crippen molar-refractivity contribution >= 4 is 17.7 Å². The fourth-order valence-corrected chi connectivity index (χ4v) is 1.99. The highest BCUT2D eigenvalue weighted by molar-refractivity contribution is 5.89. The molecule has 0 saturated carbocycles. The summed E-state index contributed by atoms with van der Waals surface area (Å²) >= 11 is 0. The number of aryl methyl sites for hydroxylation is 1. The number of aromatic hydroxyl groups is 1. The molecule has 0 spiro atoms. The van der Waals surface area contributed by atoms with Gasteiger partial charge in [0.15, 0.2) is 0 Å². The van der Waals surface area contributed by atoms with Gasteiger partial charge in [-0.05, 0) is 26.0 Å². The number of phenolic OH excluding ortho intramolecular Hbond substituents is 1. The van der Waals surface area contributed by atoms with Crippen LogP contribution in [0.4, 0.5) is 5.69 Å². The summed E-state index contributed by atoms with van der Waals surface area (Å²) in [6, 6.07) is 3.64. The Morgan fingerprint density at radius 3 is 2.88 bits per heavy atom. The average molecular weight is 329 g/mol. The molecule has 0 atom stereocenters. The van der Waals surface area contributed by atoms with E-state index in [0.717, 1.165) is 0 Å². The number of aromatic nitrogens is 2. The molecule has 8 nitrogen and oxygen atoms in total. The van der Waals surface area contributed by atoms with Gasteiger partial charge in [-0.3, -0.25) is 10.1 Å². The molecule has 1 aromatic carbocycles. The van der Waals surface area contributed by atoms with E-state index in [9.17, 15) is 20.0 Å². The molecule has 2 aromatic rings. The molecule has 124 valence electrons. The number of nitrogens with zero attached hydrogens (tertiary/aromatic N) is 3. The number of hydrogen-bond donors (Lipinski definition) is 1. The van der Waals surface area contributed by atoms with E-state index in [1.54, 1.807) is 13.8 Å². The number of non-ortho nitro benzene ring substituents is 1. The summed E-state index contributed by atoms with van der Waals surface area (Å²) in [7, 11) is 0. The number of ether oxygens (including phenoxy) is 1. The number of carbonyl (C=O) groups is 1. The predicted molar refractivity (Wildman–Crippen MR) is 86.2 cm³/mol. The third kappa shape index (κ3) is 3.92. The van der Waals surface area contributed by atoms with E-state index in [1.807, 2.05) is 0 Å². The summed E-state index contributed by atoms with van der Waals surface area (Å²) in [4.78, 5) is 30.1. The monoisotopic (exact) mass is 329 g/mol. The van der Waals surface area contributed by atoms with Crippen molar-refractivity contribution in [3.8, 4) is 17.0 Å². The van der Waals surface area contributed by atoms with Crippen LogP contribution >= 0.6 is 0 Å².